The van der Waals surface area contributed by atoms with E-state index in [4.69, 9.17) is 22.5 Å². The van der Waals surface area contributed by atoms with Crippen LogP contribution >= 0.6 is 37.3 Å². The Labute approximate surface area is 130 Å². The minimum atomic E-state index is -0.533. The first-order valence-corrected chi connectivity index (χ1v) is 11.9. The van der Waals surface area contributed by atoms with E-state index in [2.05, 4.69) is 37.0 Å². The van der Waals surface area contributed by atoms with Crippen molar-refractivity contribution in [1.29, 1.82) is 0 Å². The van der Waals surface area contributed by atoms with Crippen LogP contribution in [0.3, 0.4) is 0 Å². The molecule has 2 rings (SSSR count). The highest BCUT2D eigenvalue weighted by molar-refractivity contribution is 7.86. The van der Waals surface area contributed by atoms with Crippen LogP contribution in [-0.2, 0) is 0 Å². The Morgan fingerprint density at radius 2 is 1.21 bits per heavy atom. The van der Waals surface area contributed by atoms with Gasteiger partial charge in [0.05, 0.1) is 14.9 Å². The van der Waals surface area contributed by atoms with Crippen molar-refractivity contribution in [2.45, 2.75) is 70.4 Å². The van der Waals surface area contributed by atoms with Crippen molar-refractivity contribution in [3.05, 3.63) is 0 Å². The maximum absolute atomic E-state index is 6.87. The Balaban J connectivity index is 2.23. The van der Waals surface area contributed by atoms with E-state index in [0.29, 0.717) is 23.4 Å². The summed E-state index contributed by atoms with van der Waals surface area (Å²) < 4.78 is 5.07. The van der Waals surface area contributed by atoms with E-state index in [1.54, 1.807) is 0 Å². The first kappa shape index (κ1) is 16.7. The normalized spacial score (nSPS) is 38.5. The molecule has 0 radical (unpaired) electrons. The molecule has 0 bridgehead atoms. The van der Waals surface area contributed by atoms with Crippen molar-refractivity contribution in [3.63, 3.8) is 0 Å². The summed E-state index contributed by atoms with van der Waals surface area (Å²) in [5.74, 6) is 0. The minimum absolute atomic E-state index is 0.533. The third-order valence-electron chi connectivity index (χ3n) is 4.23. The first-order chi connectivity index (χ1) is 8.93. The molecule has 1 saturated carbocycles. The van der Waals surface area contributed by atoms with E-state index in [0.717, 1.165) is 13.1 Å². The van der Waals surface area contributed by atoms with Gasteiger partial charge in [0.25, 0.3) is 0 Å². The van der Waals surface area contributed by atoms with Gasteiger partial charge in [0.1, 0.15) is 0 Å². The van der Waals surface area contributed by atoms with Crippen LogP contribution in [0.5, 0.6) is 0 Å². The lowest BCUT2D eigenvalue weighted by Gasteiger charge is -2.45. The Morgan fingerprint density at radius 3 is 1.53 bits per heavy atom. The molecule has 6 heteroatoms. The lowest BCUT2D eigenvalue weighted by Crippen LogP contribution is -2.42. The Morgan fingerprint density at radius 1 is 0.842 bits per heavy atom. The molecule has 0 aromatic rings. The molecule has 0 aromatic heterocycles. The summed E-state index contributed by atoms with van der Waals surface area (Å²) in [5.41, 5.74) is 1.29. The molecule has 1 aliphatic carbocycles. The summed E-state index contributed by atoms with van der Waals surface area (Å²) in [4.78, 5) is 0. The summed E-state index contributed by atoms with van der Waals surface area (Å²) in [6.07, 6.45) is 3.87. The second-order valence-corrected chi connectivity index (χ2v) is 11.7. The molecule has 112 valence electrons. The topological polar surface area (TPSA) is 6.48 Å². The molecule has 0 aromatic carbocycles. The van der Waals surface area contributed by atoms with Crippen LogP contribution < -0.4 is 0 Å². The van der Waals surface area contributed by atoms with Gasteiger partial charge in [-0.15, -0.1) is 0 Å². The van der Waals surface area contributed by atoms with Crippen LogP contribution in [0, 0.1) is 0 Å². The minimum Gasteiger partial charge on any atom is -0.266 e. The number of rotatable bonds is 2. The van der Waals surface area contributed by atoms with Crippen LogP contribution in [0.15, 0.2) is 0 Å². The zero-order valence-electron chi connectivity index (χ0n) is 12.4. The average molecular weight is 343 g/mol. The maximum atomic E-state index is 6.87. The lowest BCUT2D eigenvalue weighted by molar-refractivity contribution is 0.306. The predicted molar refractivity (Wildman–Crippen MR) is 90.7 cm³/mol. The maximum Gasteiger partial charge on any atom is 0.0668 e. The highest BCUT2D eigenvalue weighted by atomic mass is 35.7. The molecule has 2 aliphatic rings. The third kappa shape index (κ3) is 3.58. The van der Waals surface area contributed by atoms with Gasteiger partial charge in [0.15, 0.2) is 0 Å². The second-order valence-electron chi connectivity index (χ2n) is 6.16. The smallest absolute Gasteiger partial charge is 0.0668 e. The first-order valence-electron chi connectivity index (χ1n) is 7.36. The van der Waals surface area contributed by atoms with Gasteiger partial charge in [-0.25, -0.2) is 0 Å². The van der Waals surface area contributed by atoms with Crippen molar-refractivity contribution in [1.82, 2.24) is 9.34 Å². The molecule has 2 fully saturated rings. The van der Waals surface area contributed by atoms with Gasteiger partial charge in [0, 0.05) is 36.5 Å². The van der Waals surface area contributed by atoms with Crippen molar-refractivity contribution in [3.8, 4) is 0 Å². The second kappa shape index (κ2) is 7.08. The molecule has 0 spiro atoms. The highest BCUT2D eigenvalue weighted by Crippen LogP contribution is 2.67. The van der Waals surface area contributed by atoms with Crippen LogP contribution in [0.25, 0.3) is 0 Å². The Bertz CT molecular complexity index is 276. The monoisotopic (exact) mass is 342 g/mol. The fraction of sp³-hybridized carbons (Fsp3) is 1.00. The van der Waals surface area contributed by atoms with Crippen molar-refractivity contribution in [2.24, 2.45) is 0 Å². The molecule has 1 saturated heterocycles. The molecule has 2 unspecified atom stereocenters. The molecule has 4 atom stereocenters. The molecule has 19 heavy (non-hydrogen) atoms. The van der Waals surface area contributed by atoms with E-state index in [9.17, 15) is 0 Å². The van der Waals surface area contributed by atoms with E-state index in [1.165, 1.54) is 19.3 Å². The number of nitrogens with zero attached hydrogens (tertiary/aromatic N) is 2. The number of fused-ring (bicyclic) bond motifs is 1. The summed E-state index contributed by atoms with van der Waals surface area (Å²) in [6.45, 7) is 11.2. The number of halogens is 2. The van der Waals surface area contributed by atoms with Crippen LogP contribution in [0.1, 0.15) is 47.0 Å². The molecular formula is C13H26Cl2N2P2. The van der Waals surface area contributed by atoms with Crippen LogP contribution in [0.2, 0.25) is 0 Å². The van der Waals surface area contributed by atoms with Gasteiger partial charge in [-0.3, -0.25) is 9.34 Å². The molecule has 0 N–H and O–H groups in total. The van der Waals surface area contributed by atoms with Gasteiger partial charge in [-0.2, -0.15) is 0 Å². The standard InChI is InChI=1S/C13H26Cl2N2P2/c1-10(2)16-8-9-17(11(3)4)19(15)13-7-5-6-12(13)18(16)14/h10-13H,5-9H2,1-4H3/t12-,13-,18?,19?/m0/s1. The molecule has 0 amide bonds. The fourth-order valence-electron chi connectivity index (χ4n) is 3.15. The molecule has 1 heterocycles. The average Bonchev–Trinajstić information content (AvgIpc) is 2.79. The largest absolute Gasteiger partial charge is 0.266 e. The van der Waals surface area contributed by atoms with Crippen LogP contribution in [-0.4, -0.2) is 45.8 Å². The summed E-state index contributed by atoms with van der Waals surface area (Å²) in [7, 11) is -1.07. The lowest BCUT2D eigenvalue weighted by atomic mass is 10.3. The quantitative estimate of drug-likeness (QED) is 0.616. The van der Waals surface area contributed by atoms with Crippen LogP contribution in [0.4, 0.5) is 0 Å². The Hall–Kier alpha value is 1.36. The van der Waals surface area contributed by atoms with E-state index in [-0.39, 0.29) is 0 Å². The van der Waals surface area contributed by atoms with E-state index < -0.39 is 14.9 Å². The highest BCUT2D eigenvalue weighted by Gasteiger charge is 2.44. The summed E-state index contributed by atoms with van der Waals surface area (Å²) in [6, 6.07) is 1.08. The SMILES string of the molecule is CC(C)N1CCN(C(C)C)P(Cl)[C@H]2CCC[C@@H]2P1Cl. The van der Waals surface area contributed by atoms with Crippen molar-refractivity contribution >= 4 is 37.3 Å². The van der Waals surface area contributed by atoms with Gasteiger partial charge < -0.3 is 0 Å². The fourth-order valence-corrected chi connectivity index (χ4v) is 11.1. The third-order valence-corrected chi connectivity index (χ3v) is 11.8. The van der Waals surface area contributed by atoms with Gasteiger partial charge in [-0.05, 0) is 40.5 Å². The van der Waals surface area contributed by atoms with Gasteiger partial charge in [0.2, 0.25) is 0 Å². The summed E-state index contributed by atoms with van der Waals surface area (Å²) in [5, 5.41) is 0. The molecular weight excluding hydrogens is 317 g/mol. The zero-order valence-corrected chi connectivity index (χ0v) is 15.7. The zero-order chi connectivity index (χ0) is 14.2. The van der Waals surface area contributed by atoms with E-state index >= 15 is 0 Å². The Kier molecular flexibility index (Phi) is 6.23. The predicted octanol–water partition coefficient (Wildman–Crippen LogP) is 5.44. The number of hydrogen-bond acceptors (Lipinski definition) is 2. The molecule has 2 nitrogen and oxygen atoms in total. The number of hydrogen-bond donors (Lipinski definition) is 0. The van der Waals surface area contributed by atoms with E-state index in [1.807, 2.05) is 0 Å². The van der Waals surface area contributed by atoms with Gasteiger partial charge >= 0.3 is 0 Å². The van der Waals surface area contributed by atoms with Crippen molar-refractivity contribution < 1.29 is 0 Å². The van der Waals surface area contributed by atoms with Crippen molar-refractivity contribution in [2.75, 3.05) is 13.1 Å². The molecule has 1 aliphatic heterocycles. The van der Waals surface area contributed by atoms with Gasteiger partial charge in [-0.1, -0.05) is 28.9 Å². The summed E-state index contributed by atoms with van der Waals surface area (Å²) >= 11 is 13.7.